The van der Waals surface area contributed by atoms with Gasteiger partial charge in [0.1, 0.15) is 25.1 Å². The Hall–Kier alpha value is -0.500. The lowest BCUT2D eigenvalue weighted by Crippen LogP contribution is -2.34. The van der Waals surface area contributed by atoms with E-state index in [1.165, 1.54) is 0 Å². The Kier molecular flexibility index (Phi) is 7.27. The van der Waals surface area contributed by atoms with Crippen molar-refractivity contribution in [2.45, 2.75) is 56.9 Å². The van der Waals surface area contributed by atoms with Crippen molar-refractivity contribution in [2.24, 2.45) is 5.92 Å². The molecule has 0 bridgehead atoms. The van der Waals surface area contributed by atoms with E-state index in [2.05, 4.69) is 6.58 Å². The Bertz CT molecular complexity index is 331. The fraction of sp³-hybridized carbons (Fsp3) is 0.875. The Morgan fingerprint density at radius 3 is 2.82 bits per heavy atom. The van der Waals surface area contributed by atoms with Gasteiger partial charge in [0.2, 0.25) is 0 Å². The quantitative estimate of drug-likeness (QED) is 0.374. The molecule has 6 nitrogen and oxygen atoms in total. The van der Waals surface area contributed by atoms with Crippen LogP contribution in [0.15, 0.2) is 12.7 Å². The third-order valence-electron chi connectivity index (χ3n) is 4.12. The molecular weight excluding hydrogens is 288 g/mol. The first-order chi connectivity index (χ1) is 10.7. The summed E-state index contributed by atoms with van der Waals surface area (Å²) in [5, 5.41) is 10.2. The molecule has 2 aliphatic heterocycles. The van der Waals surface area contributed by atoms with E-state index >= 15 is 0 Å². The SMILES string of the molecule is C=C[C@@H](C)[C@H](OCOC)[C@@H]1O[C@@H]1[C@@H](O)CO[C@H]1CCCCO1. The third-order valence-corrected chi connectivity index (χ3v) is 4.12. The van der Waals surface area contributed by atoms with Gasteiger partial charge in [-0.15, -0.1) is 6.58 Å². The van der Waals surface area contributed by atoms with Crippen LogP contribution in [0.1, 0.15) is 26.2 Å². The van der Waals surface area contributed by atoms with Gasteiger partial charge in [-0.2, -0.15) is 0 Å². The summed E-state index contributed by atoms with van der Waals surface area (Å²) in [4.78, 5) is 0. The van der Waals surface area contributed by atoms with Gasteiger partial charge >= 0.3 is 0 Å². The van der Waals surface area contributed by atoms with Crippen molar-refractivity contribution in [3.8, 4) is 0 Å². The summed E-state index contributed by atoms with van der Waals surface area (Å²) in [5.41, 5.74) is 0. The number of hydrogen-bond donors (Lipinski definition) is 1. The summed E-state index contributed by atoms with van der Waals surface area (Å²) >= 11 is 0. The minimum Gasteiger partial charge on any atom is -0.388 e. The summed E-state index contributed by atoms with van der Waals surface area (Å²) in [7, 11) is 1.58. The van der Waals surface area contributed by atoms with Crippen LogP contribution in [0.2, 0.25) is 0 Å². The number of ether oxygens (including phenoxy) is 5. The lowest BCUT2D eigenvalue weighted by atomic mass is 9.99. The molecule has 0 aromatic rings. The highest BCUT2D eigenvalue weighted by atomic mass is 16.7. The van der Waals surface area contributed by atoms with Gasteiger partial charge < -0.3 is 28.8 Å². The second-order valence-corrected chi connectivity index (χ2v) is 5.89. The summed E-state index contributed by atoms with van der Waals surface area (Å²) in [6, 6.07) is 0. The predicted molar refractivity (Wildman–Crippen MR) is 80.3 cm³/mol. The first kappa shape index (κ1) is 17.8. The molecule has 2 rings (SSSR count). The molecule has 2 saturated heterocycles. The van der Waals surface area contributed by atoms with Crippen LogP contribution in [0.4, 0.5) is 0 Å². The van der Waals surface area contributed by atoms with Crippen molar-refractivity contribution in [3.63, 3.8) is 0 Å². The molecule has 0 saturated carbocycles. The summed E-state index contributed by atoms with van der Waals surface area (Å²) < 4.78 is 27.3. The Labute approximate surface area is 132 Å². The maximum atomic E-state index is 10.2. The molecule has 0 aromatic heterocycles. The zero-order chi connectivity index (χ0) is 15.9. The van der Waals surface area contributed by atoms with Crippen LogP contribution in [0.3, 0.4) is 0 Å². The summed E-state index contributed by atoms with van der Waals surface area (Å²) in [6.45, 7) is 6.93. The maximum absolute atomic E-state index is 10.2. The predicted octanol–water partition coefficient (Wildman–Crippen LogP) is 1.47. The van der Waals surface area contributed by atoms with E-state index in [1.54, 1.807) is 7.11 Å². The van der Waals surface area contributed by atoms with Crippen LogP contribution in [0.5, 0.6) is 0 Å². The van der Waals surface area contributed by atoms with Crippen LogP contribution in [-0.4, -0.2) is 62.9 Å². The molecule has 0 spiro atoms. The highest BCUT2D eigenvalue weighted by molar-refractivity contribution is 5.00. The number of aliphatic hydroxyl groups is 1. The van der Waals surface area contributed by atoms with E-state index in [-0.39, 0.29) is 43.9 Å². The largest absolute Gasteiger partial charge is 0.388 e. The van der Waals surface area contributed by atoms with Gasteiger partial charge in [-0.25, -0.2) is 0 Å². The molecule has 1 N–H and O–H groups in total. The van der Waals surface area contributed by atoms with Crippen molar-refractivity contribution in [1.29, 1.82) is 0 Å². The second kappa shape index (κ2) is 8.96. The zero-order valence-corrected chi connectivity index (χ0v) is 13.5. The highest BCUT2D eigenvalue weighted by Gasteiger charge is 2.51. The molecule has 128 valence electrons. The van der Waals surface area contributed by atoms with Crippen molar-refractivity contribution in [2.75, 3.05) is 27.1 Å². The van der Waals surface area contributed by atoms with Crippen LogP contribution >= 0.6 is 0 Å². The molecular formula is C16H28O6. The Morgan fingerprint density at radius 1 is 1.36 bits per heavy atom. The molecule has 6 atom stereocenters. The normalized spacial score (nSPS) is 32.2. The molecule has 2 aliphatic rings. The molecule has 0 radical (unpaired) electrons. The highest BCUT2D eigenvalue weighted by Crippen LogP contribution is 2.34. The van der Waals surface area contributed by atoms with E-state index in [1.807, 2.05) is 13.0 Å². The van der Waals surface area contributed by atoms with Gasteiger partial charge in [-0.1, -0.05) is 13.0 Å². The molecule has 22 heavy (non-hydrogen) atoms. The van der Waals surface area contributed by atoms with Gasteiger partial charge in [-0.3, -0.25) is 0 Å². The van der Waals surface area contributed by atoms with Crippen LogP contribution < -0.4 is 0 Å². The van der Waals surface area contributed by atoms with Gasteiger partial charge in [0, 0.05) is 19.6 Å². The third kappa shape index (κ3) is 5.01. The molecule has 2 fully saturated rings. The van der Waals surface area contributed by atoms with Crippen LogP contribution in [-0.2, 0) is 23.7 Å². The standard InChI is InChI=1S/C16H28O6/c1-4-11(2)14(21-10-18-3)16-15(22-16)12(17)9-20-13-7-5-6-8-19-13/h4,11-17H,1,5-10H2,2-3H3/t11-,12+,13+,14+,15-,16+/m1/s1. The van der Waals surface area contributed by atoms with Gasteiger partial charge in [0.15, 0.2) is 6.29 Å². The molecule has 2 heterocycles. The lowest BCUT2D eigenvalue weighted by Gasteiger charge is -2.24. The zero-order valence-electron chi connectivity index (χ0n) is 13.5. The number of epoxide rings is 1. The van der Waals surface area contributed by atoms with Crippen molar-refractivity contribution in [3.05, 3.63) is 12.7 Å². The molecule has 0 aromatic carbocycles. The van der Waals surface area contributed by atoms with Crippen LogP contribution in [0, 0.1) is 5.92 Å². The van der Waals surface area contributed by atoms with Gasteiger partial charge in [0.25, 0.3) is 0 Å². The number of rotatable bonds is 10. The number of hydrogen-bond acceptors (Lipinski definition) is 6. The molecule has 0 amide bonds. The van der Waals surface area contributed by atoms with Gasteiger partial charge in [0.05, 0.1) is 12.7 Å². The lowest BCUT2D eigenvalue weighted by molar-refractivity contribution is -0.176. The van der Waals surface area contributed by atoms with Crippen molar-refractivity contribution in [1.82, 2.24) is 0 Å². The second-order valence-electron chi connectivity index (χ2n) is 5.89. The first-order valence-corrected chi connectivity index (χ1v) is 7.97. The van der Waals surface area contributed by atoms with Gasteiger partial charge in [-0.05, 0) is 19.3 Å². The average molecular weight is 316 g/mol. The van der Waals surface area contributed by atoms with Crippen molar-refractivity contribution < 1.29 is 28.8 Å². The van der Waals surface area contributed by atoms with E-state index < -0.39 is 6.10 Å². The fourth-order valence-electron chi connectivity index (χ4n) is 2.68. The van der Waals surface area contributed by atoms with E-state index in [4.69, 9.17) is 23.7 Å². The number of aliphatic hydroxyl groups excluding tert-OH is 1. The van der Waals surface area contributed by atoms with E-state index in [0.717, 1.165) is 25.9 Å². The molecule has 6 heteroatoms. The van der Waals surface area contributed by atoms with E-state index in [0.29, 0.717) is 0 Å². The summed E-state index contributed by atoms with van der Waals surface area (Å²) in [5.74, 6) is 0.111. The minimum atomic E-state index is -0.679. The summed E-state index contributed by atoms with van der Waals surface area (Å²) in [6.07, 6.45) is 3.40. The number of methoxy groups -OCH3 is 1. The average Bonchev–Trinajstić information content (AvgIpc) is 3.34. The smallest absolute Gasteiger partial charge is 0.157 e. The van der Waals surface area contributed by atoms with Crippen LogP contribution in [0.25, 0.3) is 0 Å². The molecule has 0 aliphatic carbocycles. The van der Waals surface area contributed by atoms with E-state index in [9.17, 15) is 5.11 Å². The molecule has 0 unspecified atom stereocenters. The first-order valence-electron chi connectivity index (χ1n) is 7.97. The fourth-order valence-corrected chi connectivity index (χ4v) is 2.68. The van der Waals surface area contributed by atoms with Crippen molar-refractivity contribution >= 4 is 0 Å². The Balaban J connectivity index is 1.74. The maximum Gasteiger partial charge on any atom is 0.157 e. The minimum absolute atomic E-state index is 0.111. The monoisotopic (exact) mass is 316 g/mol. The topological polar surface area (TPSA) is 69.7 Å². The Morgan fingerprint density at radius 2 is 2.18 bits per heavy atom.